The molecule has 1 atom stereocenters. The molecule has 3 nitrogen and oxygen atoms in total. The van der Waals surface area contributed by atoms with Gasteiger partial charge in [0.25, 0.3) is 0 Å². The van der Waals surface area contributed by atoms with E-state index in [2.05, 4.69) is 12.7 Å². The van der Waals surface area contributed by atoms with Crippen molar-refractivity contribution < 1.29 is 14.3 Å². The Morgan fingerprint density at radius 3 is 2.44 bits per heavy atom. The van der Waals surface area contributed by atoms with Crippen molar-refractivity contribution in [2.75, 3.05) is 6.61 Å². The summed E-state index contributed by atoms with van der Waals surface area (Å²) in [5, 5.41) is 0. The largest absolute Gasteiger partial charge is 0.509 e. The van der Waals surface area contributed by atoms with Crippen molar-refractivity contribution in [1.29, 1.82) is 0 Å². The lowest BCUT2D eigenvalue weighted by molar-refractivity contribution is -0.00959. The number of ether oxygens (including phenoxy) is 2. The summed E-state index contributed by atoms with van der Waals surface area (Å²) in [7, 11) is 0. The summed E-state index contributed by atoms with van der Waals surface area (Å²) in [5.74, 6) is 0.304. The zero-order chi connectivity index (χ0) is 14.2. The van der Waals surface area contributed by atoms with E-state index in [0.29, 0.717) is 18.9 Å². The molecule has 3 heteroatoms. The van der Waals surface area contributed by atoms with Gasteiger partial charge in [-0.2, -0.15) is 0 Å². The Morgan fingerprint density at radius 1 is 1.39 bits per heavy atom. The Hall–Kier alpha value is -1.25. The molecule has 104 valence electrons. The summed E-state index contributed by atoms with van der Waals surface area (Å²) < 4.78 is 10.3. The third kappa shape index (κ3) is 7.93. The molecule has 0 unspecified atom stereocenters. The molecule has 0 saturated heterocycles. The molecule has 0 aromatic heterocycles. The van der Waals surface area contributed by atoms with E-state index in [-0.39, 0.29) is 0 Å². The maximum Gasteiger partial charge on any atom is 0.509 e. The van der Waals surface area contributed by atoms with Crippen LogP contribution in [0.5, 0.6) is 0 Å². The van der Waals surface area contributed by atoms with Crippen LogP contribution < -0.4 is 0 Å². The number of carbonyl (C=O) groups is 1. The molecule has 0 spiro atoms. The first-order valence-electron chi connectivity index (χ1n) is 6.42. The average Bonchev–Trinajstić information content (AvgIpc) is 2.25. The van der Waals surface area contributed by atoms with Gasteiger partial charge < -0.3 is 9.47 Å². The molecule has 0 aliphatic rings. The van der Waals surface area contributed by atoms with Gasteiger partial charge in [0.05, 0.1) is 6.61 Å². The average molecular weight is 254 g/mol. The number of rotatable bonds is 7. The van der Waals surface area contributed by atoms with Crippen molar-refractivity contribution in [3.8, 4) is 0 Å². The van der Waals surface area contributed by atoms with Crippen LogP contribution in [-0.2, 0) is 9.47 Å². The Labute approximate surface area is 111 Å². The Kier molecular flexibility index (Phi) is 7.41. The number of hydrogen-bond donors (Lipinski definition) is 0. The van der Waals surface area contributed by atoms with Crippen molar-refractivity contribution in [2.24, 2.45) is 5.92 Å². The van der Waals surface area contributed by atoms with Gasteiger partial charge in [0.1, 0.15) is 5.60 Å². The van der Waals surface area contributed by atoms with Gasteiger partial charge in [-0.25, -0.2) is 4.79 Å². The van der Waals surface area contributed by atoms with Crippen molar-refractivity contribution >= 4 is 6.16 Å². The van der Waals surface area contributed by atoms with Crippen LogP contribution in [0.3, 0.4) is 0 Å². The maximum absolute atomic E-state index is 11.5. The number of hydrogen-bond acceptors (Lipinski definition) is 3. The van der Waals surface area contributed by atoms with Crippen molar-refractivity contribution in [2.45, 2.75) is 53.1 Å². The smallest absolute Gasteiger partial charge is 0.434 e. The van der Waals surface area contributed by atoms with Crippen molar-refractivity contribution in [3.05, 3.63) is 24.3 Å². The monoisotopic (exact) mass is 254 g/mol. The van der Waals surface area contributed by atoms with E-state index in [1.165, 1.54) is 5.57 Å². The summed E-state index contributed by atoms with van der Waals surface area (Å²) in [6, 6.07) is 0. The topological polar surface area (TPSA) is 35.5 Å². The fourth-order valence-electron chi connectivity index (χ4n) is 1.30. The van der Waals surface area contributed by atoms with Gasteiger partial charge in [-0.05, 0) is 45.6 Å². The van der Waals surface area contributed by atoms with Crippen LogP contribution in [0.25, 0.3) is 0 Å². The van der Waals surface area contributed by atoms with Crippen LogP contribution in [0.1, 0.15) is 47.5 Å². The normalized spacial score (nSPS) is 13.7. The van der Waals surface area contributed by atoms with Crippen LogP contribution in [0, 0.1) is 5.92 Å². The number of allylic oxidation sites excluding steroid dienone is 2. The van der Waals surface area contributed by atoms with Crippen LogP contribution in [0.2, 0.25) is 0 Å². The fourth-order valence-corrected chi connectivity index (χ4v) is 1.30. The van der Waals surface area contributed by atoms with E-state index >= 15 is 0 Å². The molecule has 0 amide bonds. The highest BCUT2D eigenvalue weighted by atomic mass is 16.7. The molecule has 0 radical (unpaired) electrons. The molecule has 0 aromatic rings. The second kappa shape index (κ2) is 7.96. The minimum Gasteiger partial charge on any atom is -0.434 e. The zero-order valence-electron chi connectivity index (χ0n) is 12.3. The Balaban J connectivity index is 4.25. The third-order valence-electron chi connectivity index (χ3n) is 2.48. The van der Waals surface area contributed by atoms with E-state index in [1.807, 2.05) is 34.6 Å². The highest BCUT2D eigenvalue weighted by molar-refractivity contribution is 5.60. The van der Waals surface area contributed by atoms with Gasteiger partial charge in [0.2, 0.25) is 0 Å². The fraction of sp³-hybridized carbons (Fsp3) is 0.667. The lowest BCUT2D eigenvalue weighted by Gasteiger charge is -2.25. The first kappa shape index (κ1) is 16.8. The van der Waals surface area contributed by atoms with Gasteiger partial charge in [0.15, 0.2) is 0 Å². The molecule has 0 N–H and O–H groups in total. The van der Waals surface area contributed by atoms with Gasteiger partial charge in [-0.1, -0.05) is 32.1 Å². The SMILES string of the molecule is C=C[C@@](C)(CCC=C(C)C)OC(=O)OCC(C)C. The van der Waals surface area contributed by atoms with Crippen molar-refractivity contribution in [3.63, 3.8) is 0 Å². The molecule has 0 aliphatic carbocycles. The van der Waals surface area contributed by atoms with E-state index in [9.17, 15) is 4.79 Å². The summed E-state index contributed by atoms with van der Waals surface area (Å²) in [5.41, 5.74) is 0.587. The minimum atomic E-state index is -0.667. The second-order valence-electron chi connectivity index (χ2n) is 5.39. The summed E-state index contributed by atoms with van der Waals surface area (Å²) in [6.45, 7) is 14.0. The summed E-state index contributed by atoms with van der Waals surface area (Å²) in [4.78, 5) is 11.5. The molecule has 18 heavy (non-hydrogen) atoms. The summed E-state index contributed by atoms with van der Waals surface area (Å²) in [6.07, 6.45) is 4.71. The standard InChI is InChI=1S/C15H26O3/c1-7-15(6,10-8-9-12(2)3)18-14(16)17-11-13(4)5/h7,9,13H,1,8,10-11H2,2-6H3/t15-/m0/s1. The lowest BCUT2D eigenvalue weighted by atomic mass is 9.99. The molecule has 0 rings (SSSR count). The molecular formula is C15H26O3. The second-order valence-corrected chi connectivity index (χ2v) is 5.39. The Bertz CT molecular complexity index is 301. The van der Waals surface area contributed by atoms with Gasteiger partial charge in [-0.15, -0.1) is 0 Å². The highest BCUT2D eigenvalue weighted by Gasteiger charge is 2.25. The molecule has 0 aromatic carbocycles. The van der Waals surface area contributed by atoms with E-state index in [1.54, 1.807) is 6.08 Å². The van der Waals surface area contributed by atoms with Crippen molar-refractivity contribution in [1.82, 2.24) is 0 Å². The predicted octanol–water partition coefficient (Wildman–Crippen LogP) is 4.49. The van der Waals surface area contributed by atoms with Crippen LogP contribution in [0.4, 0.5) is 4.79 Å². The maximum atomic E-state index is 11.5. The highest BCUT2D eigenvalue weighted by Crippen LogP contribution is 2.20. The molecule has 0 saturated carbocycles. The Morgan fingerprint density at radius 2 is 2.00 bits per heavy atom. The summed E-state index contributed by atoms with van der Waals surface area (Å²) >= 11 is 0. The molecule has 0 bridgehead atoms. The van der Waals surface area contributed by atoms with E-state index < -0.39 is 11.8 Å². The first-order chi connectivity index (χ1) is 8.29. The van der Waals surface area contributed by atoms with Gasteiger partial charge in [0, 0.05) is 0 Å². The zero-order valence-corrected chi connectivity index (χ0v) is 12.3. The molecular weight excluding hydrogens is 228 g/mol. The van der Waals surface area contributed by atoms with E-state index in [4.69, 9.17) is 9.47 Å². The minimum absolute atomic E-state index is 0.304. The third-order valence-corrected chi connectivity index (χ3v) is 2.48. The van der Waals surface area contributed by atoms with Crippen LogP contribution in [-0.4, -0.2) is 18.4 Å². The first-order valence-corrected chi connectivity index (χ1v) is 6.42. The molecule has 0 heterocycles. The lowest BCUT2D eigenvalue weighted by Crippen LogP contribution is -2.30. The van der Waals surface area contributed by atoms with Crippen LogP contribution in [0.15, 0.2) is 24.3 Å². The van der Waals surface area contributed by atoms with Gasteiger partial charge in [-0.3, -0.25) is 0 Å². The van der Waals surface area contributed by atoms with Crippen LogP contribution >= 0.6 is 0 Å². The van der Waals surface area contributed by atoms with Gasteiger partial charge >= 0.3 is 6.16 Å². The quantitative estimate of drug-likeness (QED) is 0.496. The molecule has 0 aliphatic heterocycles. The molecule has 0 fully saturated rings. The number of carbonyl (C=O) groups excluding carboxylic acids is 1. The predicted molar refractivity (Wildman–Crippen MR) is 74.5 cm³/mol. The van der Waals surface area contributed by atoms with E-state index in [0.717, 1.165) is 6.42 Å².